The number of hydrogen-bond donors (Lipinski definition) is 1. The van der Waals surface area contributed by atoms with E-state index in [4.69, 9.17) is 34.8 Å². The van der Waals surface area contributed by atoms with E-state index in [-0.39, 0.29) is 15.7 Å². The van der Waals surface area contributed by atoms with Crippen LogP contribution in [-0.4, -0.2) is 30.1 Å². The normalized spacial score (nSPS) is 11.7. The number of carbonyl (C=O) groups is 1. The van der Waals surface area contributed by atoms with Crippen molar-refractivity contribution in [2.24, 2.45) is 0 Å². The molecule has 2 aromatic heterocycles. The average Bonchev–Trinajstić information content (AvgIpc) is 3.06. The second-order valence-corrected chi connectivity index (χ2v) is 10.0. The van der Waals surface area contributed by atoms with Crippen LogP contribution in [0, 0.1) is 11.6 Å². The first kappa shape index (κ1) is 23.4. The van der Waals surface area contributed by atoms with E-state index >= 15 is 0 Å². The zero-order chi connectivity index (χ0) is 24.1. The number of hydrogen-bond acceptors (Lipinski definition) is 4. The summed E-state index contributed by atoms with van der Waals surface area (Å²) in [5, 5.41) is 0.940. The van der Waals surface area contributed by atoms with Crippen LogP contribution >= 0.6 is 34.8 Å². The summed E-state index contributed by atoms with van der Waals surface area (Å²) in [4.78, 5) is 16.4. The van der Waals surface area contributed by atoms with Crippen molar-refractivity contribution in [3.63, 3.8) is 0 Å². The summed E-state index contributed by atoms with van der Waals surface area (Å²) in [6, 6.07) is 7.49. The SMILES string of the molecule is CS(=O)(=O)NC(=O)c1cc(Cl)c(-n2cc(-c3ccc(F)cc3Cl)c3cc(Cl)cnc32)cc1F. The Morgan fingerprint density at radius 1 is 1.03 bits per heavy atom. The minimum Gasteiger partial charge on any atom is -0.299 e. The smallest absolute Gasteiger partial charge is 0.267 e. The van der Waals surface area contributed by atoms with Crippen molar-refractivity contribution in [1.29, 1.82) is 0 Å². The Morgan fingerprint density at radius 3 is 2.42 bits per heavy atom. The summed E-state index contributed by atoms with van der Waals surface area (Å²) in [5.41, 5.74) is 0.911. The number of fused-ring (bicyclic) bond motifs is 1. The molecule has 170 valence electrons. The standard InChI is InChI=1S/C21H12Cl3F2N3O3S/c1-33(31,32)28-21(30)14-6-17(24)19(7-18(14)26)29-9-15(12-3-2-11(25)5-16(12)23)13-4-10(22)8-27-20(13)29/h2-9H,1H3,(H,28,30). The van der Waals surface area contributed by atoms with Gasteiger partial charge in [0.15, 0.2) is 0 Å². The largest absolute Gasteiger partial charge is 0.299 e. The molecule has 0 saturated carbocycles. The van der Waals surface area contributed by atoms with Crippen molar-refractivity contribution in [2.45, 2.75) is 0 Å². The van der Waals surface area contributed by atoms with Gasteiger partial charge in [0.1, 0.15) is 17.3 Å². The van der Waals surface area contributed by atoms with Gasteiger partial charge in [0.05, 0.1) is 32.6 Å². The second kappa shape index (κ2) is 8.57. The molecule has 0 spiro atoms. The number of amides is 1. The highest BCUT2D eigenvalue weighted by atomic mass is 35.5. The lowest BCUT2D eigenvalue weighted by Gasteiger charge is -2.11. The van der Waals surface area contributed by atoms with Gasteiger partial charge in [-0.15, -0.1) is 0 Å². The molecule has 12 heteroatoms. The number of carbonyl (C=O) groups excluding carboxylic acids is 1. The number of benzene rings is 2. The van der Waals surface area contributed by atoms with E-state index in [9.17, 15) is 22.0 Å². The summed E-state index contributed by atoms with van der Waals surface area (Å²) in [7, 11) is -3.91. The van der Waals surface area contributed by atoms with E-state index in [0.717, 1.165) is 24.5 Å². The molecule has 0 radical (unpaired) electrons. The first-order valence-electron chi connectivity index (χ1n) is 9.08. The quantitative estimate of drug-likeness (QED) is 0.371. The van der Waals surface area contributed by atoms with Crippen LogP contribution in [0.4, 0.5) is 8.78 Å². The number of aromatic nitrogens is 2. The van der Waals surface area contributed by atoms with E-state index in [1.165, 1.54) is 22.9 Å². The summed E-state index contributed by atoms with van der Waals surface area (Å²) in [5.74, 6) is -2.69. The van der Waals surface area contributed by atoms with Crippen LogP contribution in [0.2, 0.25) is 15.1 Å². The highest BCUT2D eigenvalue weighted by molar-refractivity contribution is 7.89. The predicted molar refractivity (Wildman–Crippen MR) is 124 cm³/mol. The molecule has 33 heavy (non-hydrogen) atoms. The molecule has 0 saturated heterocycles. The van der Waals surface area contributed by atoms with Crippen molar-refractivity contribution in [2.75, 3.05) is 6.26 Å². The van der Waals surface area contributed by atoms with Crippen LogP contribution in [0.15, 0.2) is 48.8 Å². The molecule has 4 aromatic rings. The fourth-order valence-electron chi connectivity index (χ4n) is 3.31. The Balaban J connectivity index is 1.92. The van der Waals surface area contributed by atoms with E-state index in [2.05, 4.69) is 4.98 Å². The summed E-state index contributed by atoms with van der Waals surface area (Å²) >= 11 is 18.7. The molecular formula is C21H12Cl3F2N3O3S. The molecule has 4 rings (SSSR count). The molecule has 0 atom stereocenters. The highest BCUT2D eigenvalue weighted by Crippen LogP contribution is 2.38. The zero-order valence-electron chi connectivity index (χ0n) is 16.5. The molecule has 0 aliphatic heterocycles. The molecule has 0 aliphatic rings. The first-order valence-corrected chi connectivity index (χ1v) is 12.1. The Bertz CT molecular complexity index is 1560. The maximum absolute atomic E-state index is 14.8. The Labute approximate surface area is 201 Å². The van der Waals surface area contributed by atoms with Gasteiger partial charge in [-0.3, -0.25) is 9.36 Å². The summed E-state index contributed by atoms with van der Waals surface area (Å²) in [6.45, 7) is 0. The molecule has 1 amide bonds. The van der Waals surface area contributed by atoms with E-state index in [0.29, 0.717) is 27.2 Å². The monoisotopic (exact) mass is 529 g/mol. The molecule has 0 unspecified atom stereocenters. The fraction of sp³-hybridized carbons (Fsp3) is 0.0476. The third-order valence-electron chi connectivity index (χ3n) is 4.65. The lowest BCUT2D eigenvalue weighted by molar-refractivity contribution is 0.0978. The van der Waals surface area contributed by atoms with Crippen LogP contribution in [0.3, 0.4) is 0 Å². The van der Waals surface area contributed by atoms with E-state index < -0.39 is 33.1 Å². The van der Waals surface area contributed by atoms with Crippen molar-refractivity contribution < 1.29 is 22.0 Å². The Hall–Kier alpha value is -2.72. The fourth-order valence-corrected chi connectivity index (χ4v) is 4.43. The molecule has 0 bridgehead atoms. The molecular weight excluding hydrogens is 519 g/mol. The van der Waals surface area contributed by atoms with Crippen molar-refractivity contribution in [1.82, 2.24) is 14.3 Å². The molecule has 6 nitrogen and oxygen atoms in total. The minimum absolute atomic E-state index is 0.0551. The first-order chi connectivity index (χ1) is 15.4. The lowest BCUT2D eigenvalue weighted by atomic mass is 10.1. The maximum Gasteiger partial charge on any atom is 0.267 e. The molecule has 2 aromatic carbocycles. The summed E-state index contributed by atoms with van der Waals surface area (Å²) in [6.07, 6.45) is 3.72. The van der Waals surface area contributed by atoms with Crippen molar-refractivity contribution in [3.8, 4) is 16.8 Å². The number of rotatable bonds is 4. The predicted octanol–water partition coefficient (Wildman–Crippen LogP) is 5.62. The van der Waals surface area contributed by atoms with Gasteiger partial charge in [0, 0.05) is 35.0 Å². The molecule has 0 aliphatic carbocycles. The molecule has 2 heterocycles. The van der Waals surface area contributed by atoms with Crippen molar-refractivity contribution >= 4 is 61.8 Å². The van der Waals surface area contributed by atoms with Crippen LogP contribution in [-0.2, 0) is 10.0 Å². The van der Waals surface area contributed by atoms with Crippen LogP contribution in [0.25, 0.3) is 27.8 Å². The number of pyridine rings is 1. The van der Waals surface area contributed by atoms with E-state index in [1.54, 1.807) is 17.0 Å². The number of halogens is 5. The van der Waals surface area contributed by atoms with Gasteiger partial charge in [-0.1, -0.05) is 34.8 Å². The zero-order valence-corrected chi connectivity index (χ0v) is 19.6. The van der Waals surface area contributed by atoms with Gasteiger partial charge >= 0.3 is 0 Å². The number of nitrogens with zero attached hydrogens (tertiary/aromatic N) is 2. The van der Waals surface area contributed by atoms with Gasteiger partial charge in [-0.25, -0.2) is 26.9 Å². The highest BCUT2D eigenvalue weighted by Gasteiger charge is 2.22. The van der Waals surface area contributed by atoms with Crippen molar-refractivity contribution in [3.05, 3.63) is 81.1 Å². The third kappa shape index (κ3) is 4.67. The van der Waals surface area contributed by atoms with Gasteiger partial charge in [0.2, 0.25) is 10.0 Å². The van der Waals surface area contributed by atoms with Gasteiger partial charge in [-0.05, 0) is 30.3 Å². The molecule has 1 N–H and O–H groups in total. The van der Waals surface area contributed by atoms with Gasteiger partial charge < -0.3 is 0 Å². The molecule has 0 fully saturated rings. The third-order valence-corrected chi connectivity index (χ3v) is 6.03. The average molecular weight is 531 g/mol. The van der Waals surface area contributed by atoms with Gasteiger partial charge in [0.25, 0.3) is 5.91 Å². The number of nitrogens with one attached hydrogen (secondary N) is 1. The van der Waals surface area contributed by atoms with Crippen LogP contribution < -0.4 is 4.72 Å². The van der Waals surface area contributed by atoms with Crippen LogP contribution in [0.5, 0.6) is 0 Å². The Kier molecular flexibility index (Phi) is 6.09. The van der Waals surface area contributed by atoms with Gasteiger partial charge in [-0.2, -0.15) is 0 Å². The number of sulfonamides is 1. The maximum atomic E-state index is 14.8. The Morgan fingerprint density at radius 2 is 1.76 bits per heavy atom. The van der Waals surface area contributed by atoms with E-state index in [1.807, 2.05) is 0 Å². The second-order valence-electron chi connectivity index (χ2n) is 7.05. The lowest BCUT2D eigenvalue weighted by Crippen LogP contribution is -2.30. The van der Waals surface area contributed by atoms with Crippen LogP contribution in [0.1, 0.15) is 10.4 Å². The summed E-state index contributed by atoms with van der Waals surface area (Å²) < 4.78 is 54.2. The topological polar surface area (TPSA) is 81.1 Å². The minimum atomic E-state index is -3.91.